The number of halogens is 2. The zero-order chi connectivity index (χ0) is 20.9. The molecule has 152 valence electrons. The second kappa shape index (κ2) is 9.50. The first-order valence-corrected chi connectivity index (χ1v) is 9.59. The van der Waals surface area contributed by atoms with Crippen LogP contribution in [0.3, 0.4) is 0 Å². The molecule has 0 fully saturated rings. The summed E-state index contributed by atoms with van der Waals surface area (Å²) in [6, 6.07) is 10.3. The van der Waals surface area contributed by atoms with Gasteiger partial charge >= 0.3 is 6.09 Å². The number of methoxy groups -OCH3 is 1. The van der Waals surface area contributed by atoms with Crippen molar-refractivity contribution in [2.75, 3.05) is 20.3 Å². The number of amides is 1. The Bertz CT molecular complexity index is 813. The van der Waals surface area contributed by atoms with Crippen molar-refractivity contribution in [2.45, 2.75) is 32.9 Å². The molecular formula is C21H25Cl2NO4. The summed E-state index contributed by atoms with van der Waals surface area (Å²) in [7, 11) is 1.57. The van der Waals surface area contributed by atoms with Crippen molar-refractivity contribution in [1.29, 1.82) is 0 Å². The molecule has 1 amide bonds. The van der Waals surface area contributed by atoms with Crippen LogP contribution in [-0.4, -0.2) is 42.0 Å². The lowest BCUT2D eigenvalue weighted by molar-refractivity contribution is 0.0183. The third-order valence-electron chi connectivity index (χ3n) is 3.76. The van der Waals surface area contributed by atoms with E-state index in [2.05, 4.69) is 0 Å². The van der Waals surface area contributed by atoms with E-state index in [0.29, 0.717) is 23.2 Å². The van der Waals surface area contributed by atoms with Gasteiger partial charge < -0.3 is 19.5 Å². The lowest BCUT2D eigenvalue weighted by atomic mass is 10.0. The number of phenols is 1. The number of hydrogen-bond acceptors (Lipinski definition) is 4. The molecular weight excluding hydrogens is 401 g/mol. The molecule has 2 aromatic rings. The predicted octanol–water partition coefficient (Wildman–Crippen LogP) is 5.75. The molecule has 28 heavy (non-hydrogen) atoms. The Labute approximate surface area is 175 Å². The van der Waals surface area contributed by atoms with Crippen molar-refractivity contribution in [2.24, 2.45) is 0 Å². The lowest BCUT2D eigenvalue weighted by Gasteiger charge is -2.27. The van der Waals surface area contributed by atoms with Crippen LogP contribution in [-0.2, 0) is 16.0 Å². The number of ether oxygens (including phenoxy) is 2. The van der Waals surface area contributed by atoms with E-state index < -0.39 is 11.7 Å². The average Bonchev–Trinajstić information content (AvgIpc) is 2.55. The topological polar surface area (TPSA) is 59.0 Å². The fourth-order valence-electron chi connectivity index (χ4n) is 2.64. The van der Waals surface area contributed by atoms with Gasteiger partial charge in [0.05, 0.1) is 6.61 Å². The van der Waals surface area contributed by atoms with Crippen molar-refractivity contribution in [3.05, 3.63) is 52.0 Å². The molecule has 0 atom stereocenters. The molecule has 0 aliphatic heterocycles. The molecule has 0 saturated heterocycles. The number of nitrogens with zero attached hydrogens (tertiary/aromatic N) is 1. The third-order valence-corrected chi connectivity index (χ3v) is 4.20. The van der Waals surface area contributed by atoms with Crippen molar-refractivity contribution >= 4 is 29.3 Å². The highest BCUT2D eigenvalue weighted by Crippen LogP contribution is 2.30. The first kappa shape index (κ1) is 22.3. The smallest absolute Gasteiger partial charge is 0.410 e. The number of hydrogen-bond donors (Lipinski definition) is 1. The fourth-order valence-corrected chi connectivity index (χ4v) is 3.16. The number of benzene rings is 2. The van der Waals surface area contributed by atoms with E-state index in [1.54, 1.807) is 37.4 Å². The highest BCUT2D eigenvalue weighted by atomic mass is 35.5. The van der Waals surface area contributed by atoms with Gasteiger partial charge in [-0.1, -0.05) is 23.2 Å². The van der Waals surface area contributed by atoms with Crippen LogP contribution in [0, 0.1) is 0 Å². The molecule has 0 bridgehead atoms. The van der Waals surface area contributed by atoms with Crippen LogP contribution in [0.5, 0.6) is 5.75 Å². The van der Waals surface area contributed by atoms with Gasteiger partial charge in [0.1, 0.15) is 11.4 Å². The summed E-state index contributed by atoms with van der Waals surface area (Å²) in [6.45, 7) is 6.43. The van der Waals surface area contributed by atoms with E-state index in [-0.39, 0.29) is 12.3 Å². The van der Waals surface area contributed by atoms with Gasteiger partial charge in [-0.3, -0.25) is 0 Å². The lowest BCUT2D eigenvalue weighted by Crippen LogP contribution is -2.38. The normalized spacial score (nSPS) is 11.4. The van der Waals surface area contributed by atoms with Crippen LogP contribution in [0.25, 0.3) is 11.1 Å². The molecule has 0 aromatic heterocycles. The number of carbonyl (C=O) groups excluding carboxylic acids is 1. The highest BCUT2D eigenvalue weighted by molar-refractivity contribution is 6.35. The fraction of sp³-hybridized carbons (Fsp3) is 0.381. The zero-order valence-corrected chi connectivity index (χ0v) is 18.0. The van der Waals surface area contributed by atoms with E-state index in [1.165, 1.54) is 4.90 Å². The van der Waals surface area contributed by atoms with E-state index in [1.807, 2.05) is 26.8 Å². The summed E-state index contributed by atoms with van der Waals surface area (Å²) >= 11 is 12.2. The first-order chi connectivity index (χ1) is 13.1. The second-order valence-corrected chi connectivity index (χ2v) is 8.31. The van der Waals surface area contributed by atoms with Gasteiger partial charge in [-0.25, -0.2) is 4.79 Å². The Hall–Kier alpha value is -1.95. The summed E-state index contributed by atoms with van der Waals surface area (Å²) in [5.41, 5.74) is 1.66. The van der Waals surface area contributed by atoms with Crippen LogP contribution in [0.1, 0.15) is 26.3 Å². The summed E-state index contributed by atoms with van der Waals surface area (Å²) in [4.78, 5) is 14.1. The minimum absolute atomic E-state index is 0.0829. The SMILES string of the molecule is COCCN(Cc1cc(O)cc(-c2cc(Cl)cc(Cl)c2)c1)C(=O)OC(C)(C)C. The van der Waals surface area contributed by atoms with E-state index in [4.69, 9.17) is 32.7 Å². The average molecular weight is 426 g/mol. The molecule has 2 aromatic carbocycles. The number of carbonyl (C=O) groups is 1. The summed E-state index contributed by atoms with van der Waals surface area (Å²) < 4.78 is 10.6. The van der Waals surface area contributed by atoms with Crippen molar-refractivity contribution in [3.63, 3.8) is 0 Å². The highest BCUT2D eigenvalue weighted by Gasteiger charge is 2.22. The van der Waals surface area contributed by atoms with Crippen LogP contribution in [0.2, 0.25) is 10.0 Å². The number of rotatable bonds is 6. The first-order valence-electron chi connectivity index (χ1n) is 8.83. The molecule has 2 rings (SSSR count). The number of phenolic OH excluding ortho intramolecular Hbond substituents is 1. The predicted molar refractivity (Wildman–Crippen MR) is 112 cm³/mol. The number of aromatic hydroxyl groups is 1. The van der Waals surface area contributed by atoms with Crippen LogP contribution in [0.15, 0.2) is 36.4 Å². The van der Waals surface area contributed by atoms with Gasteiger partial charge in [0.25, 0.3) is 0 Å². The quantitative estimate of drug-likeness (QED) is 0.639. The van der Waals surface area contributed by atoms with Gasteiger partial charge in [0.2, 0.25) is 0 Å². The Balaban J connectivity index is 2.31. The van der Waals surface area contributed by atoms with Crippen molar-refractivity contribution in [1.82, 2.24) is 4.90 Å². The van der Waals surface area contributed by atoms with Crippen LogP contribution >= 0.6 is 23.2 Å². The molecule has 0 aliphatic rings. The monoisotopic (exact) mass is 425 g/mol. The Morgan fingerprint density at radius 3 is 2.21 bits per heavy atom. The largest absolute Gasteiger partial charge is 0.508 e. The molecule has 1 N–H and O–H groups in total. The van der Waals surface area contributed by atoms with Crippen molar-refractivity contribution < 1.29 is 19.4 Å². The Kier molecular flexibility index (Phi) is 7.58. The molecule has 0 unspecified atom stereocenters. The Morgan fingerprint density at radius 1 is 1.04 bits per heavy atom. The van der Waals surface area contributed by atoms with Crippen LogP contribution in [0.4, 0.5) is 4.79 Å². The molecule has 0 heterocycles. The van der Waals surface area contributed by atoms with E-state index >= 15 is 0 Å². The minimum Gasteiger partial charge on any atom is -0.508 e. The zero-order valence-electron chi connectivity index (χ0n) is 16.5. The molecule has 0 spiro atoms. The summed E-state index contributed by atoms with van der Waals surface area (Å²) in [5.74, 6) is 0.0829. The van der Waals surface area contributed by atoms with Gasteiger partial charge in [-0.2, -0.15) is 0 Å². The van der Waals surface area contributed by atoms with Crippen molar-refractivity contribution in [3.8, 4) is 16.9 Å². The minimum atomic E-state index is -0.607. The maximum atomic E-state index is 12.5. The van der Waals surface area contributed by atoms with Crippen LogP contribution < -0.4 is 0 Å². The molecule has 0 radical (unpaired) electrons. The molecule has 5 nitrogen and oxygen atoms in total. The van der Waals surface area contributed by atoms with E-state index in [0.717, 1.165) is 16.7 Å². The molecule has 0 aliphatic carbocycles. The summed E-state index contributed by atoms with van der Waals surface area (Å²) in [6.07, 6.45) is -0.444. The van der Waals surface area contributed by atoms with Gasteiger partial charge in [0, 0.05) is 30.2 Å². The maximum Gasteiger partial charge on any atom is 0.410 e. The maximum absolute atomic E-state index is 12.5. The Morgan fingerprint density at radius 2 is 1.64 bits per heavy atom. The van der Waals surface area contributed by atoms with Gasteiger partial charge in [0.15, 0.2) is 0 Å². The standard InChI is InChI=1S/C21H25Cl2NO4/c1-21(2,3)28-20(26)24(5-6-27-4)13-14-7-15(11-19(25)8-14)16-9-17(22)12-18(23)10-16/h7-12,25H,5-6,13H2,1-4H3. The third kappa shape index (κ3) is 6.89. The van der Waals surface area contributed by atoms with Gasteiger partial charge in [-0.15, -0.1) is 0 Å². The molecule has 0 saturated carbocycles. The van der Waals surface area contributed by atoms with Gasteiger partial charge in [-0.05, 0) is 73.9 Å². The second-order valence-electron chi connectivity index (χ2n) is 7.44. The summed E-state index contributed by atoms with van der Waals surface area (Å²) in [5, 5.41) is 11.2. The van der Waals surface area contributed by atoms with E-state index in [9.17, 15) is 9.90 Å². The molecule has 7 heteroatoms.